The summed E-state index contributed by atoms with van der Waals surface area (Å²) in [7, 11) is 0. The lowest BCUT2D eigenvalue weighted by molar-refractivity contribution is 1.07. The molecular weight excluding hydrogens is 1480 g/mol. The van der Waals surface area contributed by atoms with Crippen molar-refractivity contribution in [3.8, 4) is 124 Å². The average Bonchev–Trinajstić information content (AvgIpc) is 1.55. The van der Waals surface area contributed by atoms with E-state index in [9.17, 15) is 0 Å². The van der Waals surface area contributed by atoms with Crippen LogP contribution in [0.5, 0.6) is 0 Å². The van der Waals surface area contributed by atoms with Gasteiger partial charge in [0.05, 0.1) is 55.5 Å². The third-order valence-electron chi connectivity index (χ3n) is 23.8. The van der Waals surface area contributed by atoms with E-state index in [0.29, 0.717) is 23.3 Å². The largest absolute Gasteiger partial charge is 0.309 e. The summed E-state index contributed by atoms with van der Waals surface area (Å²) in [5.41, 5.74) is 28.3. The van der Waals surface area contributed by atoms with Crippen LogP contribution in [-0.4, -0.2) is 43.2 Å². The first-order valence-electron chi connectivity index (χ1n) is 41.4. The highest BCUT2D eigenvalue weighted by Gasteiger charge is 2.25. The molecule has 0 N–H and O–H groups in total. The van der Waals surface area contributed by atoms with Crippen LogP contribution in [-0.2, 0) is 0 Å². The van der Waals surface area contributed by atoms with Gasteiger partial charge in [0.2, 0.25) is 0 Å². The van der Waals surface area contributed by atoms with Gasteiger partial charge in [0.1, 0.15) is 0 Å². The summed E-state index contributed by atoms with van der Waals surface area (Å²) in [6.45, 7) is 0. The van der Waals surface area contributed by atoms with Crippen molar-refractivity contribution in [2.75, 3.05) is 0 Å². The van der Waals surface area contributed by atoms with Crippen LogP contribution in [0.4, 0.5) is 0 Å². The minimum Gasteiger partial charge on any atom is -0.309 e. The third-order valence-corrected chi connectivity index (χ3v) is 23.8. The molecule has 24 aromatic rings. The molecule has 0 saturated carbocycles. The Hall–Kier alpha value is -16.5. The topological polar surface area (TPSA) is 84.2 Å². The van der Waals surface area contributed by atoms with Crippen LogP contribution in [0.25, 0.3) is 222 Å². The van der Waals surface area contributed by atoms with Crippen molar-refractivity contribution in [2.45, 2.75) is 0 Å². The van der Waals surface area contributed by atoms with Gasteiger partial charge in [-0.3, -0.25) is 0 Å². The fourth-order valence-corrected chi connectivity index (χ4v) is 18.3. The van der Waals surface area contributed by atoms with Gasteiger partial charge < -0.3 is 18.3 Å². The molecule has 0 amide bonds. The van der Waals surface area contributed by atoms with Gasteiger partial charge in [0.15, 0.2) is 23.3 Å². The Morgan fingerprint density at radius 3 is 0.861 bits per heavy atom. The normalized spacial score (nSPS) is 11.6. The molecule has 0 unspecified atom stereocenters. The Labute approximate surface area is 703 Å². The van der Waals surface area contributed by atoms with E-state index in [-0.39, 0.29) is 0 Å². The van der Waals surface area contributed by atoms with Gasteiger partial charge in [-0.15, -0.1) is 0 Å². The smallest absolute Gasteiger partial charge is 0.164 e. The Bertz CT molecular complexity index is 8170. The quantitative estimate of drug-likeness (QED) is 0.115. The molecule has 6 heterocycles. The molecular formula is C113H73N9. The van der Waals surface area contributed by atoms with Gasteiger partial charge in [-0.1, -0.05) is 328 Å². The first kappa shape index (κ1) is 70.9. The van der Waals surface area contributed by atoms with Crippen LogP contribution >= 0.6 is 0 Å². The van der Waals surface area contributed by atoms with Crippen LogP contribution in [0, 0.1) is 0 Å². The second-order valence-electron chi connectivity index (χ2n) is 31.1. The predicted molar refractivity (Wildman–Crippen MR) is 506 cm³/mol. The van der Waals surface area contributed by atoms with Crippen molar-refractivity contribution >= 4 is 98.0 Å². The van der Waals surface area contributed by atoms with E-state index >= 15 is 0 Å². The number of rotatable bonds is 13. The molecule has 0 bridgehead atoms. The summed E-state index contributed by atoms with van der Waals surface area (Å²) in [5, 5.41) is 12.2. The van der Waals surface area contributed by atoms with Gasteiger partial charge in [-0.2, -0.15) is 0 Å². The number of hydrogen-bond acceptors (Lipinski definition) is 5. The van der Waals surface area contributed by atoms with E-state index in [4.69, 9.17) is 24.9 Å². The fourth-order valence-electron chi connectivity index (χ4n) is 18.3. The minimum atomic E-state index is 0.616. The number of fused-ring (bicyclic) bond motifs is 15. The van der Waals surface area contributed by atoms with Crippen LogP contribution in [0.3, 0.4) is 0 Å². The van der Waals surface area contributed by atoms with Crippen molar-refractivity contribution in [1.29, 1.82) is 0 Å². The molecule has 0 fully saturated rings. The number of benzene rings is 18. The monoisotopic (exact) mass is 1560 g/mol. The zero-order valence-corrected chi connectivity index (χ0v) is 66.2. The molecule has 0 aliphatic heterocycles. The lowest BCUT2D eigenvalue weighted by atomic mass is 10.0. The number of aromatic nitrogens is 9. The molecule has 570 valence electrons. The van der Waals surface area contributed by atoms with E-state index in [1.165, 1.54) is 98.2 Å². The Morgan fingerprint density at radius 2 is 0.418 bits per heavy atom. The van der Waals surface area contributed by atoms with E-state index in [0.717, 1.165) is 101 Å². The van der Waals surface area contributed by atoms with Gasteiger partial charge in [0, 0.05) is 99.2 Å². The molecule has 122 heavy (non-hydrogen) atoms. The zero-order valence-electron chi connectivity index (χ0n) is 66.2. The molecule has 18 aromatic carbocycles. The molecule has 0 aliphatic carbocycles. The first-order chi connectivity index (χ1) is 60.5. The van der Waals surface area contributed by atoms with Gasteiger partial charge >= 0.3 is 0 Å². The molecule has 9 heteroatoms. The van der Waals surface area contributed by atoms with Crippen molar-refractivity contribution in [1.82, 2.24) is 43.2 Å². The van der Waals surface area contributed by atoms with Crippen LogP contribution in [0.1, 0.15) is 0 Å². The summed E-state index contributed by atoms with van der Waals surface area (Å²) < 4.78 is 9.64. The second kappa shape index (κ2) is 29.9. The van der Waals surface area contributed by atoms with E-state index < -0.39 is 0 Å². The first-order valence-corrected chi connectivity index (χ1v) is 41.4. The van der Waals surface area contributed by atoms with Gasteiger partial charge in [0.25, 0.3) is 0 Å². The molecule has 0 saturated heterocycles. The summed E-state index contributed by atoms with van der Waals surface area (Å²) >= 11 is 0. The maximum atomic E-state index is 5.21. The standard InChI is InChI=1S/C57H37N5.C56H36N4/c1-4-17-38(18-5-1)41-23-14-25-43(35-41)56-58-55(40-21-8-3-9-22-40)59-57(60-56)44-26-16-28-46(37-44)62-50-32-13-11-30-48(50)54-52(62)34-33-51-53(54)47-29-10-12-31-49(47)61(51)45-27-15-24-42(36-45)39-19-6-2-7-20-39;1-3-14-37(15-4-1)39-28-30-44(31-29-39)59-50-24-11-9-22-46(50)54-52(59)32-33-53-55(54)47-23-10-12-25-51(47)60(53)45-21-13-20-42(35-45)48-36-49(58-56(57-48)40-17-5-2-6-18-40)43-27-26-38-16-7-8-19-41(38)34-43/h1-37H;1-36H. The highest BCUT2D eigenvalue weighted by molar-refractivity contribution is 6.30. The second-order valence-corrected chi connectivity index (χ2v) is 31.1. The van der Waals surface area contributed by atoms with Gasteiger partial charge in [-0.25, -0.2) is 24.9 Å². The van der Waals surface area contributed by atoms with Crippen molar-refractivity contribution < 1.29 is 0 Å². The lowest BCUT2D eigenvalue weighted by Gasteiger charge is -2.13. The molecule has 24 rings (SSSR count). The molecule has 6 aromatic heterocycles. The highest BCUT2D eigenvalue weighted by Crippen LogP contribution is 2.46. The highest BCUT2D eigenvalue weighted by atomic mass is 15.0. The third kappa shape index (κ3) is 12.5. The summed E-state index contributed by atoms with van der Waals surface area (Å²) in [5.74, 6) is 2.57. The predicted octanol–water partition coefficient (Wildman–Crippen LogP) is 28.9. The van der Waals surface area contributed by atoms with Crippen molar-refractivity contribution in [3.05, 3.63) is 443 Å². The number of para-hydroxylation sites is 4. The number of hydrogen-bond donors (Lipinski definition) is 0. The fraction of sp³-hybridized carbons (Fsp3) is 0. The van der Waals surface area contributed by atoms with E-state index in [2.05, 4.69) is 419 Å². The van der Waals surface area contributed by atoms with E-state index in [1.54, 1.807) is 0 Å². The Morgan fingerprint density at radius 1 is 0.139 bits per heavy atom. The lowest BCUT2D eigenvalue weighted by Crippen LogP contribution is -2.01. The average molecular weight is 1560 g/mol. The van der Waals surface area contributed by atoms with Crippen molar-refractivity contribution in [2.24, 2.45) is 0 Å². The molecule has 0 spiro atoms. The zero-order chi connectivity index (χ0) is 80.6. The van der Waals surface area contributed by atoms with E-state index in [1.807, 2.05) is 42.5 Å². The van der Waals surface area contributed by atoms with Crippen molar-refractivity contribution in [3.63, 3.8) is 0 Å². The maximum Gasteiger partial charge on any atom is 0.164 e. The molecule has 9 nitrogen and oxygen atoms in total. The maximum absolute atomic E-state index is 5.21. The summed E-state index contributed by atoms with van der Waals surface area (Å²) in [4.78, 5) is 25.7. The van der Waals surface area contributed by atoms with Crippen LogP contribution < -0.4 is 0 Å². The Balaban J connectivity index is 0.000000142. The van der Waals surface area contributed by atoms with Crippen LogP contribution in [0.2, 0.25) is 0 Å². The molecule has 0 atom stereocenters. The summed E-state index contributed by atoms with van der Waals surface area (Å²) in [6.07, 6.45) is 0. The minimum absolute atomic E-state index is 0.616. The summed E-state index contributed by atoms with van der Waals surface area (Å²) in [6, 6.07) is 157. The Kier molecular flexibility index (Phi) is 17.4. The molecule has 0 aliphatic rings. The number of nitrogens with zero attached hydrogens (tertiary/aromatic N) is 9. The van der Waals surface area contributed by atoms with Gasteiger partial charge in [-0.05, 0) is 159 Å². The SMILES string of the molecule is c1ccc(-c2ccc(-n3c4ccccc4c4c5c6ccccc6n(-c6cccc(-c7cc(-c8ccc9ccccc9c8)nc(-c8ccccc8)n7)c6)c5ccc43)cc2)cc1.c1ccc(-c2cccc(-c3nc(-c4ccccc4)nc(-c4cccc(-n5c6ccccc6c6c7c8ccccc8n(-c8cccc(-c9ccccc9)c8)c7ccc65)c4)n3)c2)cc1. The molecule has 0 radical (unpaired) electrons. The van der Waals surface area contributed by atoms with Crippen LogP contribution in [0.15, 0.2) is 443 Å².